The van der Waals surface area contributed by atoms with Crippen molar-refractivity contribution in [2.75, 3.05) is 26.4 Å². The van der Waals surface area contributed by atoms with Crippen LogP contribution in [-0.2, 0) is 4.79 Å². The van der Waals surface area contributed by atoms with Crippen LogP contribution < -0.4 is 0 Å². The molecule has 24 heavy (non-hydrogen) atoms. The van der Waals surface area contributed by atoms with Crippen LogP contribution in [0.4, 0.5) is 0 Å². The number of ketones is 1. The molecule has 0 aromatic carbocycles. The Labute approximate surface area is 137 Å². The third kappa shape index (κ3) is 8.91. The summed E-state index contributed by atoms with van der Waals surface area (Å²) in [5, 5.41) is 95.2. The molecule has 0 heterocycles. The number of Topliss-reactive ketones (excluding diaryl/α,β-unsaturated/α-hetero) is 1. The number of aliphatic hydroxyl groups is 11. The molecule has 11 N–H and O–H groups in total. The molecule has 7 atom stereocenters. The number of hydrogen-bond acceptors (Lipinski definition) is 12. The second kappa shape index (κ2) is 13.5. The first kappa shape index (κ1) is 25.5. The summed E-state index contributed by atoms with van der Waals surface area (Å²) in [5.41, 5.74) is 0. The lowest BCUT2D eigenvalue weighted by atomic mass is 10.0. The summed E-state index contributed by atoms with van der Waals surface area (Å²) in [6.07, 6.45) is -11.6. The van der Waals surface area contributed by atoms with Gasteiger partial charge in [-0.2, -0.15) is 0 Å². The Kier molecular flexibility index (Phi) is 14.3. The van der Waals surface area contributed by atoms with E-state index in [9.17, 15) is 4.79 Å². The Morgan fingerprint density at radius 2 is 0.875 bits per heavy atom. The highest BCUT2D eigenvalue weighted by atomic mass is 16.4. The van der Waals surface area contributed by atoms with Crippen LogP contribution in [0.25, 0.3) is 0 Å². The van der Waals surface area contributed by atoms with Gasteiger partial charge in [-0.1, -0.05) is 0 Å². The van der Waals surface area contributed by atoms with Crippen LogP contribution in [-0.4, -0.2) is 131 Å². The number of carbonyl (C=O) groups excluding carboxylic acids is 1. The van der Waals surface area contributed by atoms with Gasteiger partial charge in [0.1, 0.15) is 49.3 Å². The highest BCUT2D eigenvalue weighted by Gasteiger charge is 2.29. The monoisotopic (exact) mass is 362 g/mol. The van der Waals surface area contributed by atoms with Crippen molar-refractivity contribution < 1.29 is 61.0 Å². The molecule has 0 radical (unpaired) electrons. The minimum absolute atomic E-state index is 0.726. The van der Waals surface area contributed by atoms with Crippen molar-refractivity contribution in [1.82, 2.24) is 0 Å². The molecular formula is C12H26O12. The Bertz CT molecular complexity index is 313. The van der Waals surface area contributed by atoms with Crippen LogP contribution in [0.2, 0.25) is 0 Å². The molecular weight excluding hydrogens is 336 g/mol. The summed E-state index contributed by atoms with van der Waals surface area (Å²) >= 11 is 0. The molecule has 0 aromatic heterocycles. The van der Waals surface area contributed by atoms with Crippen molar-refractivity contribution in [2.24, 2.45) is 0 Å². The van der Waals surface area contributed by atoms with Crippen molar-refractivity contribution in [3.05, 3.63) is 0 Å². The number of aliphatic hydroxyl groups excluding tert-OH is 11. The normalized spacial score (nSPS) is 20.0. The van der Waals surface area contributed by atoms with Gasteiger partial charge in [-0.15, -0.1) is 0 Å². The molecule has 12 nitrogen and oxygen atoms in total. The molecule has 0 aliphatic rings. The fraction of sp³-hybridized carbons (Fsp3) is 0.917. The topological polar surface area (TPSA) is 240 Å². The van der Waals surface area contributed by atoms with E-state index < -0.39 is 74.9 Å². The molecule has 0 aliphatic heterocycles. The number of carbonyl (C=O) groups is 1. The summed E-state index contributed by atoms with van der Waals surface area (Å²) in [7, 11) is 0. The smallest absolute Gasteiger partial charge is 0.189 e. The predicted octanol–water partition coefficient (Wildman–Crippen LogP) is -6.96. The lowest BCUT2D eigenvalue weighted by Crippen LogP contribution is -2.46. The van der Waals surface area contributed by atoms with Crippen LogP contribution in [0.1, 0.15) is 0 Å². The van der Waals surface area contributed by atoms with Crippen LogP contribution in [0.5, 0.6) is 0 Å². The first-order chi connectivity index (χ1) is 11.1. The van der Waals surface area contributed by atoms with Crippen molar-refractivity contribution in [1.29, 1.82) is 0 Å². The lowest BCUT2D eigenvalue weighted by Gasteiger charge is -2.24. The summed E-state index contributed by atoms with van der Waals surface area (Å²) in [6, 6.07) is 0. The molecule has 0 saturated carbocycles. The van der Waals surface area contributed by atoms with Gasteiger partial charge in [-0.05, 0) is 0 Å². The maximum absolute atomic E-state index is 10.5. The Morgan fingerprint density at radius 3 is 1.12 bits per heavy atom. The van der Waals surface area contributed by atoms with E-state index in [1.54, 1.807) is 0 Å². The first-order valence-electron chi connectivity index (χ1n) is 6.81. The van der Waals surface area contributed by atoms with E-state index >= 15 is 0 Å². The van der Waals surface area contributed by atoms with Gasteiger partial charge in [0.2, 0.25) is 0 Å². The summed E-state index contributed by atoms with van der Waals surface area (Å²) in [4.78, 5) is 10.5. The fourth-order valence-corrected chi connectivity index (χ4v) is 1.27. The van der Waals surface area contributed by atoms with E-state index in [1.807, 2.05) is 0 Å². The van der Waals surface area contributed by atoms with Gasteiger partial charge in [0.15, 0.2) is 5.78 Å². The van der Waals surface area contributed by atoms with Gasteiger partial charge < -0.3 is 56.2 Å². The number of hydrogen-bond donors (Lipinski definition) is 11. The van der Waals surface area contributed by atoms with Gasteiger partial charge in [0, 0.05) is 0 Å². The quantitative estimate of drug-likeness (QED) is 0.174. The van der Waals surface area contributed by atoms with Gasteiger partial charge in [0.25, 0.3) is 0 Å². The van der Waals surface area contributed by atoms with Crippen molar-refractivity contribution in [3.63, 3.8) is 0 Å². The third-order valence-corrected chi connectivity index (χ3v) is 2.90. The van der Waals surface area contributed by atoms with Gasteiger partial charge in [-0.25, -0.2) is 0 Å². The summed E-state index contributed by atoms with van der Waals surface area (Å²) in [6.45, 7) is -3.14. The zero-order valence-electron chi connectivity index (χ0n) is 12.7. The SMILES string of the molecule is O=C(CO)[C@@H](O)[C@@H](O)[C@H](O)CO.OC[C@@H](O)[C@H](O)[C@H](O)[C@@H](O)CO. The zero-order valence-corrected chi connectivity index (χ0v) is 12.7. The van der Waals surface area contributed by atoms with E-state index in [0.717, 1.165) is 0 Å². The number of rotatable bonds is 10. The molecule has 0 aromatic rings. The van der Waals surface area contributed by atoms with Gasteiger partial charge in [-0.3, -0.25) is 4.79 Å². The van der Waals surface area contributed by atoms with Crippen molar-refractivity contribution in [2.45, 2.75) is 42.7 Å². The molecule has 0 amide bonds. The summed E-state index contributed by atoms with van der Waals surface area (Å²) in [5.74, 6) is -1.00. The summed E-state index contributed by atoms with van der Waals surface area (Å²) < 4.78 is 0. The van der Waals surface area contributed by atoms with E-state index in [-0.39, 0.29) is 0 Å². The van der Waals surface area contributed by atoms with Gasteiger partial charge >= 0.3 is 0 Å². The minimum Gasteiger partial charge on any atom is -0.394 e. The van der Waals surface area contributed by atoms with E-state index in [2.05, 4.69) is 0 Å². The highest BCUT2D eigenvalue weighted by Crippen LogP contribution is 2.04. The average molecular weight is 362 g/mol. The molecule has 0 spiro atoms. The molecule has 0 aliphatic carbocycles. The van der Waals surface area contributed by atoms with Crippen LogP contribution in [0.3, 0.4) is 0 Å². The van der Waals surface area contributed by atoms with E-state index in [1.165, 1.54) is 0 Å². The second-order valence-corrected chi connectivity index (χ2v) is 4.79. The minimum atomic E-state index is -1.86. The maximum Gasteiger partial charge on any atom is 0.189 e. The van der Waals surface area contributed by atoms with Gasteiger partial charge in [0.05, 0.1) is 19.8 Å². The first-order valence-corrected chi connectivity index (χ1v) is 6.81. The largest absolute Gasteiger partial charge is 0.394 e. The molecule has 0 rings (SSSR count). The lowest BCUT2D eigenvalue weighted by molar-refractivity contribution is -0.142. The van der Waals surface area contributed by atoms with Crippen molar-refractivity contribution in [3.8, 4) is 0 Å². The second-order valence-electron chi connectivity index (χ2n) is 4.79. The maximum atomic E-state index is 10.5. The Morgan fingerprint density at radius 1 is 0.583 bits per heavy atom. The Hall–Kier alpha value is -0.770. The van der Waals surface area contributed by atoms with Crippen LogP contribution >= 0.6 is 0 Å². The molecule has 0 fully saturated rings. The van der Waals surface area contributed by atoms with E-state index in [0.29, 0.717) is 0 Å². The highest BCUT2D eigenvalue weighted by molar-refractivity contribution is 5.84. The third-order valence-electron chi connectivity index (χ3n) is 2.90. The van der Waals surface area contributed by atoms with E-state index in [4.69, 9.17) is 56.2 Å². The molecule has 0 bridgehead atoms. The molecule has 0 unspecified atom stereocenters. The average Bonchev–Trinajstić information content (AvgIpc) is 2.62. The van der Waals surface area contributed by atoms with Crippen molar-refractivity contribution >= 4 is 5.78 Å². The van der Waals surface area contributed by atoms with Crippen LogP contribution in [0.15, 0.2) is 0 Å². The Balaban J connectivity index is 0. The molecule has 146 valence electrons. The fourth-order valence-electron chi connectivity index (χ4n) is 1.27. The zero-order chi connectivity index (χ0) is 19.4. The standard InChI is InChI=1S/C6H14O6.C6H12O6/c2*7-1-3(9)5(11)6(12)4(10)2-8/h3-12H,1-2H2;3,5-9,11-12H,1-2H2/t3-,4+,5+,6-;3-,5+,6-/m.1/s1. The molecule has 0 saturated heterocycles. The molecule has 12 heteroatoms. The predicted molar refractivity (Wildman–Crippen MR) is 75.4 cm³/mol. The van der Waals surface area contributed by atoms with Crippen LogP contribution in [0, 0.1) is 0 Å².